The van der Waals surface area contributed by atoms with E-state index in [-0.39, 0.29) is 13.2 Å². The van der Waals surface area contributed by atoms with E-state index in [2.05, 4.69) is 9.72 Å². The molecule has 90 valence electrons. The molecule has 0 bridgehead atoms. The average molecular weight is 239 g/mol. The lowest BCUT2D eigenvalue weighted by molar-refractivity contribution is 0.105. The van der Waals surface area contributed by atoms with E-state index >= 15 is 0 Å². The third kappa shape index (κ3) is 2.82. The smallest absolute Gasteiger partial charge is 0.255 e. The quantitative estimate of drug-likeness (QED) is 0.447. The minimum Gasteiger partial charge on any atom is -0.485 e. The Morgan fingerprint density at radius 2 is 1.56 bits per heavy atom. The van der Waals surface area contributed by atoms with E-state index in [0.717, 1.165) is 0 Å². The van der Waals surface area contributed by atoms with Gasteiger partial charge in [0.25, 0.3) is 11.9 Å². The Balaban J connectivity index is 2.78. The Labute approximate surface area is 89.0 Å². The number of hydrogen-bond donors (Lipinski definition) is 0. The first-order chi connectivity index (χ1) is 7.57. The predicted molar refractivity (Wildman–Crippen MR) is 46.1 cm³/mol. The summed E-state index contributed by atoms with van der Waals surface area (Å²) in [7, 11) is 0. The van der Waals surface area contributed by atoms with Gasteiger partial charge in [0.05, 0.1) is 6.61 Å². The summed E-state index contributed by atoms with van der Waals surface area (Å²) in [5, 5.41) is 0. The number of pyridine rings is 1. The fraction of sp³-hybridized carbons (Fsp3) is 0.444. The Morgan fingerprint density at radius 3 is 2.06 bits per heavy atom. The van der Waals surface area contributed by atoms with E-state index in [1.165, 1.54) is 0 Å². The molecule has 1 aromatic rings. The first-order valence-corrected chi connectivity index (χ1v) is 4.48. The molecule has 0 aliphatic rings. The number of aromatic nitrogens is 1. The van der Waals surface area contributed by atoms with E-state index in [1.807, 2.05) is 0 Å². The van der Waals surface area contributed by atoms with Crippen molar-refractivity contribution in [1.29, 1.82) is 0 Å². The van der Waals surface area contributed by atoms with Gasteiger partial charge in [-0.15, -0.1) is 0 Å². The van der Waals surface area contributed by atoms with Crippen LogP contribution in [0.4, 0.5) is 17.6 Å². The van der Waals surface area contributed by atoms with Crippen LogP contribution in [0.3, 0.4) is 0 Å². The molecule has 1 heterocycles. The van der Waals surface area contributed by atoms with Crippen molar-refractivity contribution in [2.24, 2.45) is 0 Å². The molecule has 0 aliphatic heterocycles. The Kier molecular flexibility index (Phi) is 4.48. The first kappa shape index (κ1) is 12.7. The highest BCUT2D eigenvalue weighted by molar-refractivity contribution is 5.24. The van der Waals surface area contributed by atoms with Crippen LogP contribution in [0.5, 0.6) is 5.75 Å². The summed E-state index contributed by atoms with van der Waals surface area (Å²) < 4.78 is 60.4. The van der Waals surface area contributed by atoms with Gasteiger partial charge in [0, 0.05) is 6.61 Å². The topological polar surface area (TPSA) is 31.4 Å². The number of rotatable bonds is 5. The van der Waals surface area contributed by atoms with Crippen LogP contribution in [0.2, 0.25) is 0 Å². The molecule has 7 heteroatoms. The fourth-order valence-corrected chi connectivity index (χ4v) is 0.942. The number of ether oxygens (including phenoxy) is 2. The second-order valence-electron chi connectivity index (χ2n) is 2.70. The third-order valence-electron chi connectivity index (χ3n) is 1.64. The van der Waals surface area contributed by atoms with Crippen molar-refractivity contribution in [3.63, 3.8) is 0 Å². The molecule has 0 amide bonds. The highest BCUT2D eigenvalue weighted by atomic mass is 19.2. The van der Waals surface area contributed by atoms with Gasteiger partial charge < -0.3 is 9.47 Å². The lowest BCUT2D eigenvalue weighted by atomic mass is 10.4. The van der Waals surface area contributed by atoms with Crippen LogP contribution in [-0.4, -0.2) is 24.8 Å². The molecule has 0 fully saturated rings. The average Bonchev–Trinajstić information content (AvgIpc) is 2.25. The third-order valence-corrected chi connectivity index (χ3v) is 1.64. The molecule has 1 rings (SSSR count). The summed E-state index contributed by atoms with van der Waals surface area (Å²) >= 11 is 0. The molecule has 0 saturated carbocycles. The van der Waals surface area contributed by atoms with Crippen molar-refractivity contribution >= 4 is 0 Å². The molecule has 3 nitrogen and oxygen atoms in total. The lowest BCUT2D eigenvalue weighted by Crippen LogP contribution is -2.11. The predicted octanol–water partition coefficient (Wildman–Crippen LogP) is 2.05. The van der Waals surface area contributed by atoms with Gasteiger partial charge in [-0.1, -0.05) is 0 Å². The van der Waals surface area contributed by atoms with Crippen LogP contribution >= 0.6 is 0 Å². The summed E-state index contributed by atoms with van der Waals surface area (Å²) in [6.45, 7) is 1.95. The number of hydrogen-bond acceptors (Lipinski definition) is 3. The molecule has 0 atom stereocenters. The highest BCUT2D eigenvalue weighted by Gasteiger charge is 2.21. The maximum absolute atomic E-state index is 12.9. The molecule has 0 N–H and O–H groups in total. The van der Waals surface area contributed by atoms with Crippen LogP contribution < -0.4 is 4.74 Å². The summed E-state index contributed by atoms with van der Waals surface area (Å²) in [5.74, 6) is -7.92. The normalized spacial score (nSPS) is 10.6. The van der Waals surface area contributed by atoms with Gasteiger partial charge in [0.15, 0.2) is 0 Å². The Hall–Kier alpha value is -1.37. The molecule has 0 aliphatic carbocycles. The van der Waals surface area contributed by atoms with Crippen LogP contribution in [0, 0.1) is 23.5 Å². The molecule has 0 radical (unpaired) electrons. The zero-order valence-electron chi connectivity index (χ0n) is 8.40. The monoisotopic (exact) mass is 239 g/mol. The molecular formula is C9H9F4NO2. The van der Waals surface area contributed by atoms with E-state index in [4.69, 9.17) is 4.74 Å². The maximum Gasteiger partial charge on any atom is 0.255 e. The number of nitrogens with zero attached hydrogens (tertiary/aromatic N) is 1. The van der Waals surface area contributed by atoms with Crippen molar-refractivity contribution in [3.05, 3.63) is 23.5 Å². The zero-order chi connectivity index (χ0) is 12.1. The van der Waals surface area contributed by atoms with E-state index in [1.54, 1.807) is 6.92 Å². The minimum absolute atomic E-state index is 0.0565. The summed E-state index contributed by atoms with van der Waals surface area (Å²) in [6.07, 6.45) is 0. The summed E-state index contributed by atoms with van der Waals surface area (Å²) in [4.78, 5) is 2.38. The Bertz CT molecular complexity index is 347. The SMILES string of the molecule is CCOCCOc1c(F)c(F)nc(F)c1F. The van der Waals surface area contributed by atoms with E-state index in [0.29, 0.717) is 6.61 Å². The van der Waals surface area contributed by atoms with Gasteiger partial charge in [-0.05, 0) is 6.92 Å². The molecule has 1 aromatic heterocycles. The molecule has 0 spiro atoms. The second-order valence-corrected chi connectivity index (χ2v) is 2.70. The van der Waals surface area contributed by atoms with Crippen molar-refractivity contribution in [2.75, 3.05) is 19.8 Å². The maximum atomic E-state index is 12.9. The van der Waals surface area contributed by atoms with Gasteiger partial charge in [-0.2, -0.15) is 22.5 Å². The molecule has 0 unspecified atom stereocenters. The van der Waals surface area contributed by atoms with Crippen molar-refractivity contribution in [2.45, 2.75) is 6.92 Å². The fourth-order valence-electron chi connectivity index (χ4n) is 0.942. The van der Waals surface area contributed by atoms with Gasteiger partial charge in [0.1, 0.15) is 6.61 Å². The highest BCUT2D eigenvalue weighted by Crippen LogP contribution is 2.24. The van der Waals surface area contributed by atoms with Gasteiger partial charge >= 0.3 is 0 Å². The molecule has 0 saturated heterocycles. The van der Waals surface area contributed by atoms with Crippen LogP contribution in [0.1, 0.15) is 6.92 Å². The number of halogens is 4. The first-order valence-electron chi connectivity index (χ1n) is 4.48. The van der Waals surface area contributed by atoms with Crippen molar-refractivity contribution in [1.82, 2.24) is 4.98 Å². The summed E-state index contributed by atoms with van der Waals surface area (Å²) in [5.41, 5.74) is 0. The zero-order valence-corrected chi connectivity index (χ0v) is 8.40. The van der Waals surface area contributed by atoms with Crippen LogP contribution in [0.25, 0.3) is 0 Å². The molecule has 0 aromatic carbocycles. The molecule has 16 heavy (non-hydrogen) atoms. The van der Waals surface area contributed by atoms with Crippen LogP contribution in [-0.2, 0) is 4.74 Å². The van der Waals surface area contributed by atoms with Crippen molar-refractivity contribution < 1.29 is 27.0 Å². The standard InChI is InChI=1S/C9H9F4NO2/c1-2-15-3-4-16-7-5(10)8(12)14-9(13)6(7)11/h2-4H2,1H3. The van der Waals surface area contributed by atoms with Crippen LogP contribution in [0.15, 0.2) is 0 Å². The van der Waals surface area contributed by atoms with Gasteiger partial charge in [0.2, 0.25) is 17.4 Å². The lowest BCUT2D eigenvalue weighted by Gasteiger charge is -2.08. The van der Waals surface area contributed by atoms with Gasteiger partial charge in [-0.25, -0.2) is 0 Å². The molecular weight excluding hydrogens is 230 g/mol. The second kappa shape index (κ2) is 5.64. The van der Waals surface area contributed by atoms with Gasteiger partial charge in [-0.3, -0.25) is 0 Å². The van der Waals surface area contributed by atoms with Crippen molar-refractivity contribution in [3.8, 4) is 5.75 Å². The van der Waals surface area contributed by atoms with E-state index < -0.39 is 29.3 Å². The van der Waals surface area contributed by atoms with E-state index in [9.17, 15) is 17.6 Å². The largest absolute Gasteiger partial charge is 0.485 e. The Morgan fingerprint density at radius 1 is 1.00 bits per heavy atom. The minimum atomic E-state index is -1.75. The summed E-state index contributed by atoms with van der Waals surface area (Å²) in [6, 6.07) is 0.